The average molecular weight is 309 g/mol. The van der Waals surface area contributed by atoms with Crippen molar-refractivity contribution < 1.29 is 0 Å². The van der Waals surface area contributed by atoms with E-state index in [1.807, 2.05) is 0 Å². The van der Waals surface area contributed by atoms with Crippen LogP contribution in [0.5, 0.6) is 0 Å². The second-order valence-corrected chi connectivity index (χ2v) is 6.88. The lowest BCUT2D eigenvalue weighted by Crippen LogP contribution is -2.28. The van der Waals surface area contributed by atoms with E-state index in [9.17, 15) is 0 Å². The lowest BCUT2D eigenvalue weighted by atomic mass is 10.0. The van der Waals surface area contributed by atoms with E-state index in [0.29, 0.717) is 6.54 Å². The molecule has 0 atom stereocenters. The highest BCUT2D eigenvalue weighted by Crippen LogP contribution is 2.29. The highest BCUT2D eigenvalue weighted by molar-refractivity contribution is 7.18. The number of hydrogen-bond acceptors (Lipinski definition) is 4. The summed E-state index contributed by atoms with van der Waals surface area (Å²) in [6, 6.07) is 15.4. The van der Waals surface area contributed by atoms with E-state index in [4.69, 9.17) is 5.73 Å². The number of nitrogens with zero attached hydrogens (tertiary/aromatic N) is 2. The van der Waals surface area contributed by atoms with Gasteiger partial charge in [-0.2, -0.15) is 0 Å². The maximum Gasteiger partial charge on any atom is 0.107 e. The van der Waals surface area contributed by atoms with Crippen LogP contribution >= 0.6 is 11.3 Å². The van der Waals surface area contributed by atoms with Gasteiger partial charge in [0, 0.05) is 25.3 Å². The normalized spacial score (nSPS) is 14.3. The molecule has 22 heavy (non-hydrogen) atoms. The van der Waals surface area contributed by atoms with Gasteiger partial charge in [-0.05, 0) is 42.2 Å². The molecule has 0 saturated carbocycles. The number of fused-ring (bicyclic) bond motifs is 2. The second kappa shape index (κ2) is 5.71. The Morgan fingerprint density at radius 1 is 1.18 bits per heavy atom. The number of benzene rings is 2. The molecule has 0 aliphatic carbocycles. The van der Waals surface area contributed by atoms with Crippen LogP contribution in [0.25, 0.3) is 10.2 Å². The van der Waals surface area contributed by atoms with Crippen LogP contribution in [0.3, 0.4) is 0 Å². The molecule has 0 amide bonds. The van der Waals surface area contributed by atoms with Crippen LogP contribution in [-0.4, -0.2) is 11.5 Å². The van der Waals surface area contributed by atoms with Gasteiger partial charge in [0.2, 0.25) is 0 Å². The van der Waals surface area contributed by atoms with Gasteiger partial charge in [0.15, 0.2) is 0 Å². The van der Waals surface area contributed by atoms with Gasteiger partial charge in [-0.15, -0.1) is 11.3 Å². The summed E-state index contributed by atoms with van der Waals surface area (Å²) in [7, 11) is 0. The molecule has 0 unspecified atom stereocenters. The molecular formula is C18H19N3S. The highest BCUT2D eigenvalue weighted by atomic mass is 32.1. The van der Waals surface area contributed by atoms with Crippen LogP contribution in [-0.2, 0) is 19.5 Å². The first-order chi connectivity index (χ1) is 10.8. The molecule has 0 radical (unpaired) electrons. The Kier molecular flexibility index (Phi) is 3.56. The first-order valence-corrected chi connectivity index (χ1v) is 8.56. The third-order valence-corrected chi connectivity index (χ3v) is 5.29. The van der Waals surface area contributed by atoms with E-state index >= 15 is 0 Å². The van der Waals surface area contributed by atoms with Gasteiger partial charge >= 0.3 is 0 Å². The minimum atomic E-state index is 0.522. The van der Waals surface area contributed by atoms with E-state index in [0.717, 1.165) is 23.6 Å². The van der Waals surface area contributed by atoms with Crippen molar-refractivity contribution in [2.24, 2.45) is 5.73 Å². The van der Waals surface area contributed by atoms with Crippen molar-refractivity contribution in [1.82, 2.24) is 4.98 Å². The van der Waals surface area contributed by atoms with E-state index in [1.165, 1.54) is 34.4 Å². The molecule has 1 aromatic heterocycles. The SMILES string of the molecule is NCc1nc2ccc(CN3CCCc4ccccc43)cc2s1. The van der Waals surface area contributed by atoms with Crippen molar-refractivity contribution in [2.45, 2.75) is 25.9 Å². The smallest absolute Gasteiger partial charge is 0.107 e. The molecular weight excluding hydrogens is 290 g/mol. The maximum atomic E-state index is 5.69. The minimum absolute atomic E-state index is 0.522. The Labute approximate surface area is 134 Å². The predicted octanol–water partition coefficient (Wildman–Crippen LogP) is 3.71. The molecule has 0 spiro atoms. The second-order valence-electron chi connectivity index (χ2n) is 5.77. The number of aromatic nitrogens is 1. The van der Waals surface area contributed by atoms with Gasteiger partial charge in [-0.25, -0.2) is 4.98 Å². The quantitative estimate of drug-likeness (QED) is 0.802. The fraction of sp³-hybridized carbons (Fsp3) is 0.278. The summed E-state index contributed by atoms with van der Waals surface area (Å²) in [6.07, 6.45) is 2.43. The molecule has 0 fully saturated rings. The molecule has 2 aromatic carbocycles. The largest absolute Gasteiger partial charge is 0.367 e. The average Bonchev–Trinajstić information content (AvgIpc) is 2.98. The molecule has 1 aliphatic rings. The first-order valence-electron chi connectivity index (χ1n) is 7.75. The Bertz CT molecular complexity index is 809. The minimum Gasteiger partial charge on any atom is -0.367 e. The van der Waals surface area contributed by atoms with Gasteiger partial charge in [0.1, 0.15) is 5.01 Å². The lowest BCUT2D eigenvalue weighted by Gasteiger charge is -2.31. The van der Waals surface area contributed by atoms with Crippen LogP contribution < -0.4 is 10.6 Å². The zero-order valence-corrected chi connectivity index (χ0v) is 13.3. The Balaban J connectivity index is 1.64. The summed E-state index contributed by atoms with van der Waals surface area (Å²) in [5, 5.41) is 1.01. The van der Waals surface area contributed by atoms with Gasteiger partial charge in [0.05, 0.1) is 10.2 Å². The standard InChI is InChI=1S/C18H19N3S/c19-11-18-20-15-8-7-13(10-17(15)22-18)12-21-9-3-5-14-4-1-2-6-16(14)21/h1-2,4,6-8,10H,3,5,9,11-12,19H2. The fourth-order valence-corrected chi connectivity index (χ4v) is 4.11. The number of rotatable bonds is 3. The van der Waals surface area contributed by atoms with E-state index < -0.39 is 0 Å². The molecule has 2 N–H and O–H groups in total. The van der Waals surface area contributed by atoms with Crippen LogP contribution in [0.2, 0.25) is 0 Å². The van der Waals surface area contributed by atoms with E-state index in [2.05, 4.69) is 52.3 Å². The number of anilines is 1. The Morgan fingerprint density at radius 2 is 2.09 bits per heavy atom. The fourth-order valence-electron chi connectivity index (χ4n) is 3.20. The summed E-state index contributed by atoms with van der Waals surface area (Å²) in [5.41, 5.74) is 11.0. The van der Waals surface area contributed by atoms with Crippen LogP contribution in [0.4, 0.5) is 5.69 Å². The zero-order chi connectivity index (χ0) is 14.9. The van der Waals surface area contributed by atoms with Gasteiger partial charge < -0.3 is 10.6 Å². The molecule has 3 aromatic rings. The molecule has 2 heterocycles. The summed E-state index contributed by atoms with van der Waals surface area (Å²) in [5.74, 6) is 0. The van der Waals surface area contributed by atoms with E-state index in [-0.39, 0.29) is 0 Å². The van der Waals surface area contributed by atoms with Crippen LogP contribution in [0, 0.1) is 0 Å². The molecule has 3 nitrogen and oxygen atoms in total. The molecule has 0 bridgehead atoms. The third kappa shape index (κ3) is 2.49. The Morgan fingerprint density at radius 3 is 3.00 bits per heavy atom. The van der Waals surface area contributed by atoms with Crippen molar-refractivity contribution in [2.75, 3.05) is 11.4 Å². The predicted molar refractivity (Wildman–Crippen MR) is 93.3 cm³/mol. The van der Waals surface area contributed by atoms with Crippen molar-refractivity contribution in [3.8, 4) is 0 Å². The maximum absolute atomic E-state index is 5.69. The van der Waals surface area contributed by atoms with Gasteiger partial charge in [-0.3, -0.25) is 0 Å². The van der Waals surface area contributed by atoms with Gasteiger partial charge in [0.25, 0.3) is 0 Å². The topological polar surface area (TPSA) is 42.1 Å². The number of nitrogens with two attached hydrogens (primary N) is 1. The van der Waals surface area contributed by atoms with Crippen LogP contribution in [0.15, 0.2) is 42.5 Å². The third-order valence-electron chi connectivity index (χ3n) is 4.25. The molecule has 0 saturated heterocycles. The lowest BCUT2D eigenvalue weighted by molar-refractivity contribution is 0.691. The van der Waals surface area contributed by atoms with Gasteiger partial charge in [-0.1, -0.05) is 24.3 Å². The van der Waals surface area contributed by atoms with Crippen molar-refractivity contribution in [3.63, 3.8) is 0 Å². The molecule has 4 heteroatoms. The molecule has 4 rings (SSSR count). The molecule has 1 aliphatic heterocycles. The molecule has 112 valence electrons. The van der Waals surface area contributed by atoms with E-state index in [1.54, 1.807) is 11.3 Å². The summed E-state index contributed by atoms with van der Waals surface area (Å²) in [4.78, 5) is 7.03. The number of thiazole rings is 1. The van der Waals surface area contributed by atoms with Crippen molar-refractivity contribution in [3.05, 3.63) is 58.6 Å². The Hall–Kier alpha value is -1.91. The highest BCUT2D eigenvalue weighted by Gasteiger charge is 2.16. The number of para-hydroxylation sites is 1. The monoisotopic (exact) mass is 309 g/mol. The van der Waals surface area contributed by atoms with Crippen molar-refractivity contribution in [1.29, 1.82) is 0 Å². The summed E-state index contributed by atoms with van der Waals surface area (Å²) < 4.78 is 1.24. The first kappa shape index (κ1) is 13.7. The zero-order valence-electron chi connectivity index (χ0n) is 12.5. The van der Waals surface area contributed by atoms with Crippen LogP contribution in [0.1, 0.15) is 22.6 Å². The summed E-state index contributed by atoms with van der Waals surface area (Å²) >= 11 is 1.70. The van der Waals surface area contributed by atoms with Crippen molar-refractivity contribution >= 4 is 27.2 Å². The summed E-state index contributed by atoms with van der Waals surface area (Å²) in [6.45, 7) is 2.61. The number of aryl methyl sites for hydroxylation is 1. The number of hydrogen-bond donors (Lipinski definition) is 1.